The van der Waals surface area contributed by atoms with Crippen molar-refractivity contribution < 1.29 is 24.4 Å². The molecule has 0 spiro atoms. The van der Waals surface area contributed by atoms with Gasteiger partial charge in [0.05, 0.1) is 10.9 Å². The second-order valence-electron chi connectivity index (χ2n) is 3.50. The van der Waals surface area contributed by atoms with E-state index in [0.29, 0.717) is 0 Å². The largest absolute Gasteiger partial charge is 0.481 e. The first-order valence-corrected chi connectivity index (χ1v) is 4.96. The molecule has 3 aliphatic heterocycles. The van der Waals surface area contributed by atoms with E-state index in [1.165, 1.54) is 0 Å². The fraction of sp³-hybridized carbons (Fsp3) is 0.857. The van der Waals surface area contributed by atoms with Crippen LogP contribution in [0, 0.1) is 5.92 Å². The van der Waals surface area contributed by atoms with Crippen molar-refractivity contribution in [3.05, 3.63) is 0 Å². The lowest BCUT2D eigenvalue weighted by molar-refractivity contribution is -0.294. The zero-order chi connectivity index (χ0) is 9.16. The molecule has 2 bridgehead atoms. The van der Waals surface area contributed by atoms with Crippen LogP contribution in [0.2, 0.25) is 0 Å². The molecule has 1 N–H and O–H groups in total. The predicted octanol–water partition coefficient (Wildman–Crippen LogP) is -0.0693. The molecule has 0 saturated carbocycles. The van der Waals surface area contributed by atoms with Crippen molar-refractivity contribution in [2.45, 2.75) is 29.2 Å². The average Bonchev–Trinajstić information content (AvgIpc) is 2.61. The van der Waals surface area contributed by atoms with E-state index in [2.05, 4.69) is 15.9 Å². The molecule has 3 saturated heterocycles. The number of carbonyl (C=O) groups is 1. The maximum Gasteiger partial charge on any atom is 0.312 e. The molecule has 5 nitrogen and oxygen atoms in total. The molecule has 0 aromatic carbocycles. The Kier molecular flexibility index (Phi) is 1.53. The molecule has 0 aliphatic carbocycles. The Balaban J connectivity index is 1.98. The molecule has 0 amide bonds. The fourth-order valence-corrected chi connectivity index (χ4v) is 3.11. The first-order chi connectivity index (χ1) is 6.20. The number of hydrogen-bond donors (Lipinski definition) is 1. The number of rotatable bonds is 1. The van der Waals surface area contributed by atoms with Gasteiger partial charge in [-0.2, -0.15) is 0 Å². The van der Waals surface area contributed by atoms with Gasteiger partial charge in [0.1, 0.15) is 24.2 Å². The number of carboxylic acids is 1. The summed E-state index contributed by atoms with van der Waals surface area (Å²) >= 11 is 3.36. The smallest absolute Gasteiger partial charge is 0.312 e. The maximum absolute atomic E-state index is 10.9. The summed E-state index contributed by atoms with van der Waals surface area (Å²) < 4.78 is 5.47. The molecule has 72 valence electrons. The molecule has 3 heterocycles. The highest BCUT2D eigenvalue weighted by Crippen LogP contribution is 2.49. The Morgan fingerprint density at radius 2 is 1.85 bits per heavy atom. The van der Waals surface area contributed by atoms with Crippen molar-refractivity contribution in [1.82, 2.24) is 0 Å². The third kappa shape index (κ3) is 0.843. The Morgan fingerprint density at radius 1 is 1.15 bits per heavy atom. The van der Waals surface area contributed by atoms with Crippen LogP contribution in [0.3, 0.4) is 0 Å². The molecule has 3 rings (SSSR count). The topological polar surface area (TPSA) is 65.0 Å². The van der Waals surface area contributed by atoms with Crippen molar-refractivity contribution in [3.63, 3.8) is 0 Å². The van der Waals surface area contributed by atoms with Gasteiger partial charge in [-0.05, 0) is 0 Å². The summed E-state index contributed by atoms with van der Waals surface area (Å²) in [5, 5.41) is 8.94. The predicted molar refractivity (Wildman–Crippen MR) is 42.2 cm³/mol. The lowest BCUT2D eigenvalue weighted by Crippen LogP contribution is -2.44. The highest BCUT2D eigenvalue weighted by atomic mass is 79.9. The Hall–Kier alpha value is -0.170. The normalized spacial score (nSPS) is 57.3. The van der Waals surface area contributed by atoms with E-state index < -0.39 is 18.0 Å². The second-order valence-corrected chi connectivity index (χ2v) is 4.55. The van der Waals surface area contributed by atoms with Crippen LogP contribution in [0.4, 0.5) is 0 Å². The summed E-state index contributed by atoms with van der Waals surface area (Å²) in [7, 11) is 0. The molecule has 6 heteroatoms. The van der Waals surface area contributed by atoms with E-state index in [1.807, 2.05) is 0 Å². The summed E-state index contributed by atoms with van der Waals surface area (Å²) in [6.07, 6.45) is -1.11. The van der Waals surface area contributed by atoms with Crippen molar-refractivity contribution in [2.75, 3.05) is 0 Å². The van der Waals surface area contributed by atoms with E-state index in [4.69, 9.17) is 19.6 Å². The third-order valence-corrected chi connectivity index (χ3v) is 3.90. The van der Waals surface area contributed by atoms with Gasteiger partial charge in [-0.15, -0.1) is 0 Å². The summed E-state index contributed by atoms with van der Waals surface area (Å²) in [5.74, 6) is -1.49. The highest BCUT2D eigenvalue weighted by molar-refractivity contribution is 9.09. The number of hydrogen-bond acceptors (Lipinski definition) is 4. The standard InChI is InChI=1S/C7H7BrO5/c8-2-3-1(7(9)10)4-6(11-3)5(2)13-12-4/h1-6H,(H,9,10)/t1-,2-,3-,4+,5-,6-/m1/s1. The molecule has 0 unspecified atom stereocenters. The van der Waals surface area contributed by atoms with Crippen molar-refractivity contribution in [2.24, 2.45) is 5.92 Å². The average molecular weight is 251 g/mol. The first kappa shape index (κ1) is 8.16. The second kappa shape index (κ2) is 2.44. The SMILES string of the molecule is O=C(O)[C@H]1[C@@H]2OO[C@@H]3[C@H](Br)[C@@H]1O[C@@H]32. The number of aliphatic carboxylic acids is 1. The molecule has 0 aromatic rings. The van der Waals surface area contributed by atoms with E-state index in [9.17, 15) is 4.79 Å². The Morgan fingerprint density at radius 3 is 2.54 bits per heavy atom. The van der Waals surface area contributed by atoms with Gasteiger partial charge >= 0.3 is 5.97 Å². The van der Waals surface area contributed by atoms with Gasteiger partial charge in [0.25, 0.3) is 0 Å². The van der Waals surface area contributed by atoms with Crippen LogP contribution in [0.1, 0.15) is 0 Å². The van der Waals surface area contributed by atoms with Crippen LogP contribution in [-0.4, -0.2) is 40.3 Å². The van der Waals surface area contributed by atoms with Crippen molar-refractivity contribution in [1.29, 1.82) is 0 Å². The van der Waals surface area contributed by atoms with Crippen LogP contribution < -0.4 is 0 Å². The molecule has 13 heavy (non-hydrogen) atoms. The van der Waals surface area contributed by atoms with Gasteiger partial charge in [-0.3, -0.25) is 4.79 Å². The minimum absolute atomic E-state index is 0.0719. The van der Waals surface area contributed by atoms with Crippen LogP contribution in [0.15, 0.2) is 0 Å². The zero-order valence-corrected chi connectivity index (χ0v) is 8.01. The zero-order valence-electron chi connectivity index (χ0n) is 6.42. The summed E-state index contributed by atoms with van der Waals surface area (Å²) in [5.41, 5.74) is 0. The molecule has 3 aliphatic rings. The first-order valence-electron chi connectivity index (χ1n) is 4.04. The molecule has 6 atom stereocenters. The maximum atomic E-state index is 10.9. The van der Waals surface area contributed by atoms with Gasteiger partial charge in [0, 0.05) is 0 Å². The molecule has 0 radical (unpaired) electrons. The summed E-state index contributed by atoms with van der Waals surface area (Å²) in [6, 6.07) is 0. The lowest BCUT2D eigenvalue weighted by atomic mass is 9.85. The molecular formula is C7H7BrO5. The van der Waals surface area contributed by atoms with Gasteiger partial charge < -0.3 is 9.84 Å². The fourth-order valence-electron chi connectivity index (χ4n) is 2.27. The summed E-state index contributed by atoms with van der Waals surface area (Å²) in [4.78, 5) is 20.7. The molecule has 0 aromatic heterocycles. The van der Waals surface area contributed by atoms with Crippen molar-refractivity contribution in [3.8, 4) is 0 Å². The minimum atomic E-state index is -0.883. The quantitative estimate of drug-likeness (QED) is 0.522. The number of fused-ring (bicyclic) bond motifs is 1. The van der Waals surface area contributed by atoms with E-state index in [1.54, 1.807) is 0 Å². The monoisotopic (exact) mass is 250 g/mol. The Bertz CT molecular complexity index is 270. The Labute approximate surface area is 82.0 Å². The third-order valence-electron chi connectivity index (χ3n) is 2.86. The van der Waals surface area contributed by atoms with Gasteiger partial charge in [0.15, 0.2) is 0 Å². The van der Waals surface area contributed by atoms with Crippen molar-refractivity contribution >= 4 is 21.9 Å². The van der Waals surface area contributed by atoms with E-state index in [0.717, 1.165) is 0 Å². The number of alkyl halides is 1. The lowest BCUT2D eigenvalue weighted by Gasteiger charge is -2.20. The van der Waals surface area contributed by atoms with Crippen LogP contribution in [0.25, 0.3) is 0 Å². The summed E-state index contributed by atoms with van der Waals surface area (Å²) in [6.45, 7) is 0. The van der Waals surface area contributed by atoms with Crippen LogP contribution in [0.5, 0.6) is 0 Å². The highest BCUT2D eigenvalue weighted by Gasteiger charge is 2.67. The van der Waals surface area contributed by atoms with Gasteiger partial charge in [-0.1, -0.05) is 15.9 Å². The van der Waals surface area contributed by atoms with E-state index >= 15 is 0 Å². The number of halogens is 1. The molecular weight excluding hydrogens is 244 g/mol. The van der Waals surface area contributed by atoms with Gasteiger partial charge in [0.2, 0.25) is 0 Å². The van der Waals surface area contributed by atoms with Gasteiger partial charge in [-0.25, -0.2) is 9.78 Å². The van der Waals surface area contributed by atoms with E-state index in [-0.39, 0.29) is 23.1 Å². The van der Waals surface area contributed by atoms with Crippen LogP contribution >= 0.6 is 15.9 Å². The van der Waals surface area contributed by atoms with Crippen LogP contribution in [-0.2, 0) is 19.3 Å². The number of carboxylic acid groups (broad SMARTS) is 1. The molecule has 3 fully saturated rings. The number of ether oxygens (including phenoxy) is 1. The minimum Gasteiger partial charge on any atom is -0.481 e.